The van der Waals surface area contributed by atoms with Gasteiger partial charge in [0.2, 0.25) is 0 Å². The Bertz CT molecular complexity index is 1150. The largest absolute Gasteiger partial charge is 0.446 e. The van der Waals surface area contributed by atoms with Crippen LogP contribution in [0.1, 0.15) is 17.3 Å². The molecule has 8 nitrogen and oxygen atoms in total. The zero-order valence-electron chi connectivity index (χ0n) is 15.9. The van der Waals surface area contributed by atoms with E-state index in [9.17, 15) is 17.6 Å². The van der Waals surface area contributed by atoms with Crippen LogP contribution in [0.5, 0.6) is 0 Å². The van der Waals surface area contributed by atoms with E-state index in [-0.39, 0.29) is 4.90 Å². The molecule has 3 aromatic rings. The lowest BCUT2D eigenvalue weighted by Crippen LogP contribution is -2.30. The number of rotatable bonds is 6. The summed E-state index contributed by atoms with van der Waals surface area (Å²) >= 11 is 1.17. The minimum atomic E-state index is -3.64. The monoisotopic (exact) mass is 438 g/mol. The third-order valence-electron chi connectivity index (χ3n) is 3.90. The minimum Gasteiger partial charge on any atom is -0.446 e. The molecule has 0 spiro atoms. The van der Waals surface area contributed by atoms with E-state index in [1.165, 1.54) is 23.5 Å². The number of anilines is 1. The molecule has 2 amide bonds. The first-order valence-electron chi connectivity index (χ1n) is 8.57. The lowest BCUT2D eigenvalue weighted by Gasteiger charge is -2.04. The molecule has 2 aromatic heterocycles. The number of urea groups is 1. The van der Waals surface area contributed by atoms with Gasteiger partial charge in [0.1, 0.15) is 16.5 Å². The van der Waals surface area contributed by atoms with Gasteiger partial charge in [0.05, 0.1) is 16.8 Å². The second-order valence-corrected chi connectivity index (χ2v) is 9.33. The first kappa shape index (κ1) is 20.9. The summed E-state index contributed by atoms with van der Waals surface area (Å²) in [5.74, 6) is 0.415. The number of aryl methyl sites for hydroxylation is 2. The lowest BCUT2D eigenvalue weighted by atomic mass is 10.1. The maximum atomic E-state index is 14.2. The van der Waals surface area contributed by atoms with Crippen LogP contribution in [0, 0.1) is 19.7 Å². The smallest absolute Gasteiger partial charge is 0.321 e. The van der Waals surface area contributed by atoms with Crippen molar-refractivity contribution in [1.82, 2.24) is 15.3 Å². The van der Waals surface area contributed by atoms with Gasteiger partial charge in [-0.25, -0.2) is 27.6 Å². The van der Waals surface area contributed by atoms with Gasteiger partial charge in [0.15, 0.2) is 20.9 Å². The van der Waals surface area contributed by atoms with Crippen molar-refractivity contribution in [3.05, 3.63) is 47.6 Å². The zero-order chi connectivity index (χ0) is 21.2. The average molecular weight is 439 g/mol. The molecule has 0 fully saturated rings. The molecule has 2 heterocycles. The number of hydrogen-bond donors (Lipinski definition) is 2. The summed E-state index contributed by atoms with van der Waals surface area (Å²) in [6.07, 6.45) is 3.02. The van der Waals surface area contributed by atoms with Gasteiger partial charge in [-0.1, -0.05) is 17.4 Å². The highest BCUT2D eigenvalue weighted by molar-refractivity contribution is 7.90. The first-order valence-corrected chi connectivity index (χ1v) is 11.3. The van der Waals surface area contributed by atoms with E-state index < -0.39 is 21.7 Å². The fourth-order valence-electron chi connectivity index (χ4n) is 2.60. The SMILES string of the molecule is Cc1cnc(CCNC(=O)Nc2nc(C)c(-c3ccc(S(C)(=O)=O)c(F)c3)s2)o1. The van der Waals surface area contributed by atoms with E-state index in [0.29, 0.717) is 45.9 Å². The second-order valence-electron chi connectivity index (χ2n) is 6.35. The second kappa shape index (κ2) is 8.29. The zero-order valence-corrected chi connectivity index (χ0v) is 17.6. The normalized spacial score (nSPS) is 11.4. The third kappa shape index (κ3) is 5.18. The summed E-state index contributed by atoms with van der Waals surface area (Å²) in [5.41, 5.74) is 1.07. The molecule has 0 aliphatic carbocycles. The molecule has 1 aromatic carbocycles. The van der Waals surface area contributed by atoms with Crippen molar-refractivity contribution in [2.75, 3.05) is 18.1 Å². The Balaban J connectivity index is 1.65. The molecule has 2 N–H and O–H groups in total. The van der Waals surface area contributed by atoms with Gasteiger partial charge in [-0.3, -0.25) is 5.32 Å². The maximum absolute atomic E-state index is 14.2. The Morgan fingerprint density at radius 2 is 2.07 bits per heavy atom. The van der Waals surface area contributed by atoms with Gasteiger partial charge in [-0.15, -0.1) is 0 Å². The number of halogens is 1. The molecule has 0 aliphatic rings. The van der Waals surface area contributed by atoms with E-state index in [0.717, 1.165) is 12.3 Å². The number of carbonyl (C=O) groups excluding carboxylic acids is 1. The quantitative estimate of drug-likeness (QED) is 0.610. The van der Waals surface area contributed by atoms with Crippen molar-refractivity contribution in [2.24, 2.45) is 0 Å². The molecular weight excluding hydrogens is 419 g/mol. The van der Waals surface area contributed by atoms with Crippen molar-refractivity contribution in [3.8, 4) is 10.4 Å². The number of aromatic nitrogens is 2. The molecule has 0 unspecified atom stereocenters. The number of amides is 2. The van der Waals surface area contributed by atoms with Crippen molar-refractivity contribution in [2.45, 2.75) is 25.2 Å². The van der Waals surface area contributed by atoms with Gasteiger partial charge >= 0.3 is 6.03 Å². The summed E-state index contributed by atoms with van der Waals surface area (Å²) in [7, 11) is -3.64. The number of sulfone groups is 1. The van der Waals surface area contributed by atoms with E-state index in [1.54, 1.807) is 20.0 Å². The molecule has 0 bridgehead atoms. The number of benzene rings is 1. The van der Waals surface area contributed by atoms with E-state index >= 15 is 0 Å². The number of thiazole rings is 1. The molecule has 0 saturated carbocycles. The minimum absolute atomic E-state index is 0.334. The van der Waals surface area contributed by atoms with Gasteiger partial charge in [-0.2, -0.15) is 0 Å². The Kier molecular flexibility index (Phi) is 5.99. The number of hydrogen-bond acceptors (Lipinski definition) is 7. The molecule has 11 heteroatoms. The predicted octanol–water partition coefficient (Wildman–Crippen LogP) is 3.32. The van der Waals surface area contributed by atoms with Crippen LogP contribution in [0.15, 0.2) is 33.7 Å². The third-order valence-corrected chi connectivity index (χ3v) is 6.16. The van der Waals surface area contributed by atoms with Crippen molar-refractivity contribution in [1.29, 1.82) is 0 Å². The maximum Gasteiger partial charge on any atom is 0.321 e. The van der Waals surface area contributed by atoms with Gasteiger partial charge in [0, 0.05) is 19.2 Å². The van der Waals surface area contributed by atoms with Gasteiger partial charge in [-0.05, 0) is 31.5 Å². The molecule has 0 aliphatic heterocycles. The fraction of sp³-hybridized carbons (Fsp3) is 0.278. The molecule has 29 heavy (non-hydrogen) atoms. The first-order chi connectivity index (χ1) is 13.6. The number of nitrogens with zero attached hydrogens (tertiary/aromatic N) is 2. The van der Waals surface area contributed by atoms with Crippen molar-refractivity contribution < 1.29 is 22.0 Å². The fourth-order valence-corrected chi connectivity index (χ4v) is 4.29. The van der Waals surface area contributed by atoms with Crippen LogP contribution in [0.3, 0.4) is 0 Å². The van der Waals surface area contributed by atoms with Crippen LogP contribution >= 0.6 is 11.3 Å². The topological polar surface area (TPSA) is 114 Å². The molecule has 0 radical (unpaired) electrons. The Labute approximate surface area is 171 Å². The number of nitrogens with one attached hydrogen (secondary N) is 2. The molecular formula is C18H19FN4O4S2. The summed E-state index contributed by atoms with van der Waals surface area (Å²) < 4.78 is 42.6. The standard InChI is InChI=1S/C18H19FN4O4S2/c1-10-9-21-15(27-10)6-7-20-17(24)23-18-22-11(2)16(28-18)12-4-5-14(13(19)8-12)29(3,25)26/h4-5,8-9H,6-7H2,1-3H3,(H2,20,22,23,24). The molecule has 3 rings (SSSR count). The summed E-state index contributed by atoms with van der Waals surface area (Å²) in [5, 5.41) is 5.65. The van der Waals surface area contributed by atoms with Crippen LogP contribution in [0.25, 0.3) is 10.4 Å². The summed E-state index contributed by atoms with van der Waals surface area (Å²) in [6, 6.07) is 3.46. The number of carbonyl (C=O) groups is 1. The molecule has 154 valence electrons. The van der Waals surface area contributed by atoms with Crippen LogP contribution in [-0.4, -0.2) is 37.2 Å². The molecule has 0 atom stereocenters. The van der Waals surface area contributed by atoms with E-state index in [1.807, 2.05) is 0 Å². The van der Waals surface area contributed by atoms with Gasteiger partial charge in [0.25, 0.3) is 0 Å². The number of oxazole rings is 1. The Morgan fingerprint density at radius 3 is 2.69 bits per heavy atom. The average Bonchev–Trinajstić information content (AvgIpc) is 3.19. The van der Waals surface area contributed by atoms with E-state index in [4.69, 9.17) is 4.42 Å². The van der Waals surface area contributed by atoms with E-state index in [2.05, 4.69) is 20.6 Å². The molecule has 0 saturated heterocycles. The van der Waals surface area contributed by atoms with Crippen LogP contribution in [0.2, 0.25) is 0 Å². The van der Waals surface area contributed by atoms with Crippen LogP contribution in [0.4, 0.5) is 14.3 Å². The highest BCUT2D eigenvalue weighted by Crippen LogP contribution is 2.34. The van der Waals surface area contributed by atoms with Crippen molar-refractivity contribution >= 4 is 32.3 Å². The van der Waals surface area contributed by atoms with Crippen molar-refractivity contribution in [3.63, 3.8) is 0 Å². The highest BCUT2D eigenvalue weighted by Gasteiger charge is 2.17. The highest BCUT2D eigenvalue weighted by atomic mass is 32.2. The Morgan fingerprint density at radius 1 is 1.31 bits per heavy atom. The lowest BCUT2D eigenvalue weighted by molar-refractivity contribution is 0.252. The Hall–Kier alpha value is -2.79. The predicted molar refractivity (Wildman–Crippen MR) is 107 cm³/mol. The summed E-state index contributed by atoms with van der Waals surface area (Å²) in [4.78, 5) is 20.6. The van der Waals surface area contributed by atoms with Crippen LogP contribution < -0.4 is 10.6 Å². The van der Waals surface area contributed by atoms with Crippen LogP contribution in [-0.2, 0) is 16.3 Å². The summed E-state index contributed by atoms with van der Waals surface area (Å²) in [6.45, 7) is 3.85. The van der Waals surface area contributed by atoms with Gasteiger partial charge < -0.3 is 9.73 Å².